The molecule has 1 N–H and O–H groups in total. The first-order valence-electron chi connectivity index (χ1n) is 9.00. The smallest absolute Gasteiger partial charge is 0.332 e. The highest BCUT2D eigenvalue weighted by Gasteiger charge is 2.19. The lowest BCUT2D eigenvalue weighted by Crippen LogP contribution is -2.39. The molecule has 1 aromatic carbocycles. The number of aryl methyl sites for hydroxylation is 1. The van der Waals surface area contributed by atoms with Gasteiger partial charge in [-0.25, -0.2) is 14.2 Å². The summed E-state index contributed by atoms with van der Waals surface area (Å²) >= 11 is 0. The molecule has 8 nitrogen and oxygen atoms in total. The molecule has 4 rings (SSSR count). The second-order valence-corrected chi connectivity index (χ2v) is 6.71. The third kappa shape index (κ3) is 3.31. The van der Waals surface area contributed by atoms with Crippen LogP contribution in [0, 0.1) is 5.82 Å². The monoisotopic (exact) mass is 394 g/mol. The van der Waals surface area contributed by atoms with Gasteiger partial charge in [-0.2, -0.15) is 0 Å². The number of anilines is 1. The normalized spacial score (nSPS) is 11.1. The second-order valence-electron chi connectivity index (χ2n) is 6.71. The molecular formula is C20H19FN6O2. The summed E-state index contributed by atoms with van der Waals surface area (Å²) in [5.74, 6) is 0.00679. The van der Waals surface area contributed by atoms with Crippen LogP contribution >= 0.6 is 0 Å². The zero-order valence-corrected chi connectivity index (χ0v) is 16.0. The number of hydrogen-bond donors (Lipinski definition) is 1. The Bertz CT molecular complexity index is 1310. The number of rotatable bonds is 5. The molecule has 0 aliphatic rings. The first-order valence-corrected chi connectivity index (χ1v) is 9.00. The number of nitrogens with zero attached hydrogens (tertiary/aromatic N) is 5. The molecule has 3 heterocycles. The largest absolute Gasteiger partial charge is 0.351 e. The van der Waals surface area contributed by atoms with Crippen molar-refractivity contribution in [2.24, 2.45) is 14.1 Å². The molecule has 0 saturated carbocycles. The second kappa shape index (κ2) is 7.34. The van der Waals surface area contributed by atoms with E-state index < -0.39 is 17.1 Å². The van der Waals surface area contributed by atoms with Crippen LogP contribution in [0.15, 0.2) is 58.4 Å². The highest BCUT2D eigenvalue weighted by molar-refractivity contribution is 5.74. The third-order valence-corrected chi connectivity index (χ3v) is 4.81. The maximum absolute atomic E-state index is 14.2. The Kier molecular flexibility index (Phi) is 4.71. The minimum absolute atomic E-state index is 0.0162. The maximum atomic E-state index is 14.2. The van der Waals surface area contributed by atoms with E-state index in [2.05, 4.69) is 15.3 Å². The molecule has 0 aliphatic heterocycles. The van der Waals surface area contributed by atoms with Gasteiger partial charge in [0.25, 0.3) is 5.56 Å². The van der Waals surface area contributed by atoms with Crippen LogP contribution in [0.25, 0.3) is 11.2 Å². The van der Waals surface area contributed by atoms with Crippen LogP contribution in [0.1, 0.15) is 11.1 Å². The van der Waals surface area contributed by atoms with Crippen LogP contribution < -0.4 is 16.6 Å². The molecule has 0 saturated heterocycles. The molecule has 0 unspecified atom stereocenters. The number of hydrogen-bond acceptors (Lipinski definition) is 5. The van der Waals surface area contributed by atoms with Gasteiger partial charge in [-0.05, 0) is 17.7 Å². The van der Waals surface area contributed by atoms with Crippen molar-refractivity contribution in [3.8, 4) is 0 Å². The predicted molar refractivity (Wildman–Crippen MR) is 107 cm³/mol. The molecule has 0 fully saturated rings. The van der Waals surface area contributed by atoms with Gasteiger partial charge in [0.1, 0.15) is 5.82 Å². The fourth-order valence-electron chi connectivity index (χ4n) is 3.24. The van der Waals surface area contributed by atoms with E-state index in [1.54, 1.807) is 42.2 Å². The average molecular weight is 394 g/mol. The zero-order chi connectivity index (χ0) is 20.5. The SMILES string of the molecule is Cn1c(=O)c2nc(NCc3cccnc3)n(C)c2n(Cc2ccccc2F)c1=O. The fraction of sp³-hybridized carbons (Fsp3) is 0.200. The van der Waals surface area contributed by atoms with Gasteiger partial charge < -0.3 is 5.32 Å². The summed E-state index contributed by atoms with van der Waals surface area (Å²) in [6.07, 6.45) is 3.41. The lowest BCUT2D eigenvalue weighted by Gasteiger charge is -2.12. The van der Waals surface area contributed by atoms with Crippen molar-refractivity contribution in [2.45, 2.75) is 13.1 Å². The summed E-state index contributed by atoms with van der Waals surface area (Å²) in [6, 6.07) is 9.97. The van der Waals surface area contributed by atoms with Gasteiger partial charge in [-0.3, -0.25) is 23.5 Å². The number of nitrogens with one attached hydrogen (secondary N) is 1. The summed E-state index contributed by atoms with van der Waals surface area (Å²) in [4.78, 5) is 33.9. The van der Waals surface area contributed by atoms with Gasteiger partial charge in [0, 0.05) is 38.6 Å². The van der Waals surface area contributed by atoms with E-state index in [1.165, 1.54) is 17.7 Å². The minimum Gasteiger partial charge on any atom is -0.351 e. The number of fused-ring (bicyclic) bond motifs is 1. The van der Waals surface area contributed by atoms with E-state index >= 15 is 0 Å². The van der Waals surface area contributed by atoms with Crippen molar-refractivity contribution in [1.82, 2.24) is 23.7 Å². The molecule has 0 radical (unpaired) electrons. The Hall–Kier alpha value is -3.75. The van der Waals surface area contributed by atoms with Crippen molar-refractivity contribution in [1.29, 1.82) is 0 Å². The molecule has 0 spiro atoms. The fourth-order valence-corrected chi connectivity index (χ4v) is 3.24. The Morgan fingerprint density at radius 1 is 1.07 bits per heavy atom. The van der Waals surface area contributed by atoms with Gasteiger partial charge in [-0.15, -0.1) is 0 Å². The minimum atomic E-state index is -0.535. The van der Waals surface area contributed by atoms with Crippen molar-refractivity contribution in [3.63, 3.8) is 0 Å². The summed E-state index contributed by atoms with van der Waals surface area (Å²) in [6.45, 7) is 0.431. The van der Waals surface area contributed by atoms with Crippen LogP contribution in [0.5, 0.6) is 0 Å². The van der Waals surface area contributed by atoms with Crippen molar-refractivity contribution >= 4 is 17.1 Å². The molecule has 0 bridgehead atoms. The number of halogens is 1. The molecule has 148 valence electrons. The van der Waals surface area contributed by atoms with Crippen LogP contribution in [0.4, 0.5) is 10.3 Å². The molecule has 9 heteroatoms. The van der Waals surface area contributed by atoms with Gasteiger partial charge in [-0.1, -0.05) is 24.3 Å². The highest BCUT2D eigenvalue weighted by atomic mass is 19.1. The third-order valence-electron chi connectivity index (χ3n) is 4.81. The van der Waals surface area contributed by atoms with Crippen LogP contribution in [0.2, 0.25) is 0 Å². The maximum Gasteiger partial charge on any atom is 0.332 e. The molecule has 0 amide bonds. The van der Waals surface area contributed by atoms with Gasteiger partial charge in [0.2, 0.25) is 5.95 Å². The van der Waals surface area contributed by atoms with Crippen molar-refractivity contribution in [2.75, 3.05) is 5.32 Å². The van der Waals surface area contributed by atoms with Crippen LogP contribution in [0.3, 0.4) is 0 Å². The molecule has 0 aliphatic carbocycles. The summed E-state index contributed by atoms with van der Waals surface area (Å²) in [5, 5.41) is 3.16. The molecule has 3 aromatic heterocycles. The Morgan fingerprint density at radius 3 is 2.59 bits per heavy atom. The van der Waals surface area contributed by atoms with E-state index in [-0.39, 0.29) is 12.1 Å². The number of benzene rings is 1. The molecule has 0 atom stereocenters. The standard InChI is InChI=1S/C20H19FN6O2/c1-25-17-16(24-19(25)23-11-13-6-5-9-22-10-13)18(28)26(2)20(29)27(17)12-14-7-3-4-8-15(14)21/h3-10H,11-12H2,1-2H3,(H,23,24). The Labute approximate surface area is 164 Å². The first kappa shape index (κ1) is 18.6. The van der Waals surface area contributed by atoms with E-state index in [4.69, 9.17) is 0 Å². The molecular weight excluding hydrogens is 375 g/mol. The Balaban J connectivity index is 1.83. The number of aromatic nitrogens is 5. The highest BCUT2D eigenvalue weighted by Crippen LogP contribution is 2.17. The van der Waals surface area contributed by atoms with E-state index in [0.717, 1.165) is 10.1 Å². The average Bonchev–Trinajstić information content (AvgIpc) is 3.06. The number of imidazole rings is 1. The zero-order valence-electron chi connectivity index (χ0n) is 16.0. The molecule has 4 aromatic rings. The summed E-state index contributed by atoms with van der Waals surface area (Å²) in [5.41, 5.74) is 0.721. The van der Waals surface area contributed by atoms with Crippen molar-refractivity contribution < 1.29 is 4.39 Å². The Morgan fingerprint density at radius 2 is 1.86 bits per heavy atom. The number of pyridine rings is 1. The lowest BCUT2D eigenvalue weighted by molar-refractivity contribution is 0.587. The van der Waals surface area contributed by atoms with Gasteiger partial charge in [0.15, 0.2) is 11.2 Å². The summed E-state index contributed by atoms with van der Waals surface area (Å²) < 4.78 is 18.2. The quantitative estimate of drug-likeness (QED) is 0.556. The van der Waals surface area contributed by atoms with Crippen molar-refractivity contribution in [3.05, 3.63) is 86.6 Å². The van der Waals surface area contributed by atoms with E-state index in [9.17, 15) is 14.0 Å². The summed E-state index contributed by atoms with van der Waals surface area (Å²) in [7, 11) is 3.09. The topological polar surface area (TPSA) is 86.7 Å². The van der Waals surface area contributed by atoms with Crippen LogP contribution in [-0.2, 0) is 27.2 Å². The van der Waals surface area contributed by atoms with Gasteiger partial charge in [0.05, 0.1) is 6.54 Å². The van der Waals surface area contributed by atoms with Crippen LogP contribution in [-0.4, -0.2) is 23.7 Å². The first-order chi connectivity index (χ1) is 14.0. The molecule has 29 heavy (non-hydrogen) atoms. The van der Waals surface area contributed by atoms with E-state index in [1.807, 2.05) is 12.1 Å². The lowest BCUT2D eigenvalue weighted by atomic mass is 10.2. The van der Waals surface area contributed by atoms with Gasteiger partial charge >= 0.3 is 5.69 Å². The predicted octanol–water partition coefficient (Wildman–Crippen LogP) is 1.63. The van der Waals surface area contributed by atoms with E-state index in [0.29, 0.717) is 23.7 Å².